The van der Waals surface area contributed by atoms with Gasteiger partial charge < -0.3 is 20.1 Å². The standard InChI is InChI=1S/C21H24F2N2O3/c1-28-19-4-2-3-16(13-19)21(27)5-8-25(9-6-21)10-7-24-20(26)15-11-17(22)14-18(23)12-15/h2-4,11-14,27H,5-10H2,1H3,(H,24,26). The Morgan fingerprint density at radius 1 is 1.18 bits per heavy atom. The molecule has 0 bridgehead atoms. The quantitative estimate of drug-likeness (QED) is 0.796. The first-order valence-corrected chi connectivity index (χ1v) is 9.23. The first-order valence-electron chi connectivity index (χ1n) is 9.23. The van der Waals surface area contributed by atoms with Crippen molar-refractivity contribution in [1.29, 1.82) is 0 Å². The van der Waals surface area contributed by atoms with Crippen molar-refractivity contribution < 1.29 is 23.4 Å². The Morgan fingerprint density at radius 2 is 1.86 bits per heavy atom. The number of nitrogens with zero attached hydrogens (tertiary/aromatic N) is 1. The third kappa shape index (κ3) is 4.85. The van der Waals surface area contributed by atoms with Gasteiger partial charge in [-0.05, 0) is 42.7 Å². The number of amides is 1. The van der Waals surface area contributed by atoms with E-state index in [0.717, 1.165) is 23.8 Å². The monoisotopic (exact) mass is 390 g/mol. The molecular weight excluding hydrogens is 366 g/mol. The Hall–Kier alpha value is -2.51. The van der Waals surface area contributed by atoms with E-state index in [0.29, 0.717) is 44.8 Å². The van der Waals surface area contributed by atoms with Gasteiger partial charge in [-0.3, -0.25) is 4.79 Å². The molecule has 28 heavy (non-hydrogen) atoms. The maximum atomic E-state index is 13.2. The van der Waals surface area contributed by atoms with Crippen molar-refractivity contribution in [2.24, 2.45) is 0 Å². The summed E-state index contributed by atoms with van der Waals surface area (Å²) < 4.78 is 31.6. The second-order valence-corrected chi connectivity index (χ2v) is 7.02. The Morgan fingerprint density at radius 3 is 2.50 bits per heavy atom. The number of rotatable bonds is 6. The van der Waals surface area contributed by atoms with Gasteiger partial charge in [-0.25, -0.2) is 8.78 Å². The lowest BCUT2D eigenvalue weighted by Crippen LogP contribution is -2.45. The van der Waals surface area contributed by atoms with Crippen LogP contribution in [-0.2, 0) is 5.60 Å². The number of aliphatic hydroxyl groups is 1. The number of halogens is 2. The van der Waals surface area contributed by atoms with Crippen LogP contribution in [0, 0.1) is 11.6 Å². The van der Waals surface area contributed by atoms with Crippen LogP contribution in [0.2, 0.25) is 0 Å². The SMILES string of the molecule is COc1cccc(C2(O)CCN(CCNC(=O)c3cc(F)cc(F)c3)CC2)c1. The molecule has 2 aromatic carbocycles. The zero-order valence-corrected chi connectivity index (χ0v) is 15.8. The molecule has 2 N–H and O–H groups in total. The summed E-state index contributed by atoms with van der Waals surface area (Å²) in [5, 5.41) is 13.6. The highest BCUT2D eigenvalue weighted by molar-refractivity contribution is 5.94. The van der Waals surface area contributed by atoms with Gasteiger partial charge in [-0.15, -0.1) is 0 Å². The molecule has 0 spiro atoms. The van der Waals surface area contributed by atoms with Crippen LogP contribution in [0.5, 0.6) is 5.75 Å². The van der Waals surface area contributed by atoms with E-state index in [1.165, 1.54) is 0 Å². The molecular formula is C21H24F2N2O3. The lowest BCUT2D eigenvalue weighted by molar-refractivity contribution is -0.0256. The van der Waals surface area contributed by atoms with Crippen molar-refractivity contribution in [3.8, 4) is 5.75 Å². The van der Waals surface area contributed by atoms with E-state index in [2.05, 4.69) is 10.2 Å². The van der Waals surface area contributed by atoms with Crippen LogP contribution < -0.4 is 10.1 Å². The summed E-state index contributed by atoms with van der Waals surface area (Å²) in [6.07, 6.45) is 1.15. The lowest BCUT2D eigenvalue weighted by atomic mass is 9.84. The first kappa shape index (κ1) is 20.2. The number of hydrogen-bond acceptors (Lipinski definition) is 4. The number of hydrogen-bond donors (Lipinski definition) is 2. The summed E-state index contributed by atoms with van der Waals surface area (Å²) in [6.45, 7) is 2.31. The highest BCUT2D eigenvalue weighted by Gasteiger charge is 2.34. The van der Waals surface area contributed by atoms with Crippen LogP contribution in [0.1, 0.15) is 28.8 Å². The smallest absolute Gasteiger partial charge is 0.251 e. The largest absolute Gasteiger partial charge is 0.497 e. The van der Waals surface area contributed by atoms with E-state index in [1.54, 1.807) is 7.11 Å². The van der Waals surface area contributed by atoms with Gasteiger partial charge in [-0.2, -0.15) is 0 Å². The summed E-state index contributed by atoms with van der Waals surface area (Å²) in [4.78, 5) is 14.2. The number of carbonyl (C=O) groups is 1. The van der Waals surface area contributed by atoms with Crippen molar-refractivity contribution >= 4 is 5.91 Å². The summed E-state index contributed by atoms with van der Waals surface area (Å²) >= 11 is 0. The number of carbonyl (C=O) groups excluding carboxylic acids is 1. The van der Waals surface area contributed by atoms with Gasteiger partial charge in [0, 0.05) is 37.8 Å². The number of ether oxygens (including phenoxy) is 1. The molecule has 0 saturated carbocycles. The molecule has 2 aromatic rings. The minimum Gasteiger partial charge on any atom is -0.497 e. The average Bonchev–Trinajstić information content (AvgIpc) is 2.69. The zero-order valence-electron chi connectivity index (χ0n) is 15.8. The van der Waals surface area contributed by atoms with Crippen molar-refractivity contribution in [2.75, 3.05) is 33.3 Å². The fourth-order valence-electron chi connectivity index (χ4n) is 3.46. The molecule has 0 atom stereocenters. The molecule has 0 unspecified atom stereocenters. The first-order chi connectivity index (χ1) is 13.4. The summed E-state index contributed by atoms with van der Waals surface area (Å²) in [7, 11) is 1.60. The van der Waals surface area contributed by atoms with E-state index in [9.17, 15) is 18.7 Å². The van der Waals surface area contributed by atoms with E-state index in [1.807, 2.05) is 24.3 Å². The molecule has 1 aliphatic heterocycles. The fraction of sp³-hybridized carbons (Fsp3) is 0.381. The number of likely N-dealkylation sites (tertiary alicyclic amines) is 1. The molecule has 7 heteroatoms. The predicted octanol–water partition coefficient (Wildman–Crippen LogP) is 2.69. The summed E-state index contributed by atoms with van der Waals surface area (Å²) in [5.74, 6) is -1.36. The highest BCUT2D eigenvalue weighted by Crippen LogP contribution is 2.34. The normalized spacial score (nSPS) is 16.6. The number of methoxy groups -OCH3 is 1. The molecule has 1 aliphatic rings. The van der Waals surface area contributed by atoms with Crippen molar-refractivity contribution in [2.45, 2.75) is 18.4 Å². The van der Waals surface area contributed by atoms with E-state index in [-0.39, 0.29) is 5.56 Å². The van der Waals surface area contributed by atoms with E-state index < -0.39 is 23.1 Å². The number of piperidine rings is 1. The van der Waals surface area contributed by atoms with Crippen LogP contribution in [0.15, 0.2) is 42.5 Å². The zero-order chi connectivity index (χ0) is 20.1. The summed E-state index contributed by atoms with van der Waals surface area (Å²) in [6, 6.07) is 10.2. The van der Waals surface area contributed by atoms with Gasteiger partial charge in [0.1, 0.15) is 17.4 Å². The van der Waals surface area contributed by atoms with Crippen molar-refractivity contribution in [3.05, 3.63) is 65.2 Å². The highest BCUT2D eigenvalue weighted by atomic mass is 19.1. The molecule has 3 rings (SSSR count). The molecule has 5 nitrogen and oxygen atoms in total. The third-order valence-electron chi connectivity index (χ3n) is 5.13. The van der Waals surface area contributed by atoms with Crippen molar-refractivity contribution in [1.82, 2.24) is 10.2 Å². The Kier molecular flexibility index (Phi) is 6.26. The topological polar surface area (TPSA) is 61.8 Å². The molecule has 0 aliphatic carbocycles. The number of nitrogens with one attached hydrogen (secondary N) is 1. The molecule has 1 fully saturated rings. The Balaban J connectivity index is 1.48. The average molecular weight is 390 g/mol. The van der Waals surface area contributed by atoms with E-state index >= 15 is 0 Å². The molecule has 1 saturated heterocycles. The van der Waals surface area contributed by atoms with Gasteiger partial charge in [0.15, 0.2) is 0 Å². The minimum atomic E-state index is -0.895. The molecule has 0 aromatic heterocycles. The second-order valence-electron chi connectivity index (χ2n) is 7.02. The van der Waals surface area contributed by atoms with E-state index in [4.69, 9.17) is 4.74 Å². The molecule has 0 radical (unpaired) electrons. The molecule has 1 heterocycles. The van der Waals surface area contributed by atoms with Crippen LogP contribution in [0.3, 0.4) is 0 Å². The Bertz CT molecular complexity index is 816. The summed E-state index contributed by atoms with van der Waals surface area (Å²) in [5.41, 5.74) is -0.0932. The van der Waals surface area contributed by atoms with Gasteiger partial charge in [0.25, 0.3) is 5.91 Å². The molecule has 1 amide bonds. The fourth-order valence-corrected chi connectivity index (χ4v) is 3.46. The number of benzene rings is 2. The van der Waals surface area contributed by atoms with Gasteiger partial charge >= 0.3 is 0 Å². The maximum absolute atomic E-state index is 13.2. The Labute approximate surface area is 162 Å². The lowest BCUT2D eigenvalue weighted by Gasteiger charge is -2.38. The van der Waals surface area contributed by atoms with Gasteiger partial charge in [-0.1, -0.05) is 12.1 Å². The van der Waals surface area contributed by atoms with Gasteiger partial charge in [0.2, 0.25) is 0 Å². The van der Waals surface area contributed by atoms with Crippen LogP contribution in [0.4, 0.5) is 8.78 Å². The van der Waals surface area contributed by atoms with Crippen molar-refractivity contribution in [3.63, 3.8) is 0 Å². The molecule has 150 valence electrons. The second kappa shape index (κ2) is 8.67. The van der Waals surface area contributed by atoms with Crippen LogP contribution in [-0.4, -0.2) is 49.2 Å². The van der Waals surface area contributed by atoms with Crippen LogP contribution >= 0.6 is 0 Å². The predicted molar refractivity (Wildman–Crippen MR) is 101 cm³/mol. The minimum absolute atomic E-state index is 0.0384. The van der Waals surface area contributed by atoms with Crippen LogP contribution in [0.25, 0.3) is 0 Å². The van der Waals surface area contributed by atoms with Gasteiger partial charge in [0.05, 0.1) is 12.7 Å². The maximum Gasteiger partial charge on any atom is 0.251 e. The third-order valence-corrected chi connectivity index (χ3v) is 5.13.